The molecule has 2 aliphatic rings. The fourth-order valence-electron chi connectivity index (χ4n) is 10.2. The number of unbranched alkanes of at least 4 members (excludes halogenated alkanes) is 8. The Hall–Kier alpha value is -13.5. The van der Waals surface area contributed by atoms with Crippen LogP contribution in [0.1, 0.15) is 117 Å². The Balaban J connectivity index is 0.000000367. The molecular formula is C92H64N2O3S. The number of hydrogen-bond acceptors (Lipinski definition) is 4. The largest absolute Gasteiger partial charge is 0.748 e. The molecule has 2 heterocycles. The molecule has 0 saturated heterocycles. The lowest BCUT2D eigenvalue weighted by molar-refractivity contribution is -0.438. The van der Waals surface area contributed by atoms with Gasteiger partial charge in [0.25, 0.3) is 0 Å². The van der Waals surface area contributed by atoms with Gasteiger partial charge in [0.1, 0.15) is 6.54 Å². The summed E-state index contributed by atoms with van der Waals surface area (Å²) < 4.78 is 36.5. The molecule has 4 aromatic rings. The third-order valence-corrected chi connectivity index (χ3v) is 15.1. The second-order valence-electron chi connectivity index (χ2n) is 21.7. The van der Waals surface area contributed by atoms with Gasteiger partial charge in [-0.05, 0) is 180 Å². The first-order valence-electron chi connectivity index (χ1n) is 31.4. The van der Waals surface area contributed by atoms with Gasteiger partial charge in [-0.3, -0.25) is 0 Å². The third-order valence-electron chi connectivity index (χ3n) is 14.3. The molecule has 0 N–H and O–H groups in total. The highest BCUT2D eigenvalue weighted by Gasteiger charge is 2.45. The quantitative estimate of drug-likeness (QED) is 0.0327. The van der Waals surface area contributed by atoms with E-state index in [1.165, 1.54) is 95.4 Å². The van der Waals surface area contributed by atoms with Crippen LogP contribution >= 0.6 is 0 Å². The molecule has 466 valence electrons. The number of anilines is 1. The minimum absolute atomic E-state index is 0.129. The number of benzene rings is 4. The first-order valence-corrected chi connectivity index (χ1v) is 32.9. The number of fused-ring (bicyclic) bond motifs is 6. The van der Waals surface area contributed by atoms with E-state index >= 15 is 0 Å². The molecule has 2 aliphatic heterocycles. The highest BCUT2D eigenvalue weighted by Crippen LogP contribution is 2.51. The van der Waals surface area contributed by atoms with Gasteiger partial charge in [0.2, 0.25) is 5.69 Å². The number of hydrogen-bond donors (Lipinski definition) is 0. The first-order chi connectivity index (χ1) is 47.9. The minimum atomic E-state index is -4.23. The molecule has 0 radical (unpaired) electrons. The molecule has 0 amide bonds. The zero-order valence-corrected chi connectivity index (χ0v) is 56.6. The maximum Gasteiger partial charge on any atom is 0.210 e. The summed E-state index contributed by atoms with van der Waals surface area (Å²) in [5, 5.41) is 5.07. The molecule has 0 saturated carbocycles. The van der Waals surface area contributed by atoms with Gasteiger partial charge in [-0.25, -0.2) is 8.42 Å². The Morgan fingerprint density at radius 3 is 1.27 bits per heavy atom. The lowest BCUT2D eigenvalue weighted by Crippen LogP contribution is -2.28. The highest BCUT2D eigenvalue weighted by molar-refractivity contribution is 7.85. The van der Waals surface area contributed by atoms with E-state index in [1.54, 1.807) is 6.92 Å². The minimum Gasteiger partial charge on any atom is -0.748 e. The van der Waals surface area contributed by atoms with Crippen LogP contribution < -0.4 is 4.90 Å². The smallest absolute Gasteiger partial charge is 0.210 e. The van der Waals surface area contributed by atoms with Crippen LogP contribution in [0.3, 0.4) is 0 Å². The van der Waals surface area contributed by atoms with Gasteiger partial charge in [-0.15, -0.1) is 6.42 Å². The predicted molar refractivity (Wildman–Crippen MR) is 403 cm³/mol. The molecule has 6 rings (SSSR count). The van der Waals surface area contributed by atoms with E-state index < -0.39 is 10.1 Å². The van der Waals surface area contributed by atoms with E-state index in [1.807, 2.05) is 0 Å². The van der Waals surface area contributed by atoms with Crippen LogP contribution in [-0.2, 0) is 20.9 Å². The van der Waals surface area contributed by atoms with Gasteiger partial charge < -0.3 is 9.45 Å². The molecule has 0 spiro atoms. The Bertz CT molecular complexity index is 5460. The van der Waals surface area contributed by atoms with Crippen molar-refractivity contribution in [1.29, 1.82) is 0 Å². The van der Waals surface area contributed by atoms with E-state index in [0.717, 1.165) is 17.9 Å². The number of allylic oxidation sites excluding steroid dienone is 8. The molecule has 0 bridgehead atoms. The van der Waals surface area contributed by atoms with Crippen LogP contribution in [0.4, 0.5) is 11.4 Å². The van der Waals surface area contributed by atoms with Gasteiger partial charge >= 0.3 is 0 Å². The second kappa shape index (κ2) is 44.1. The van der Waals surface area contributed by atoms with Crippen LogP contribution in [0.15, 0.2) is 121 Å². The van der Waals surface area contributed by atoms with E-state index in [2.05, 4.69) is 402 Å². The van der Waals surface area contributed by atoms with Crippen molar-refractivity contribution in [3.8, 4) is 249 Å². The fourth-order valence-corrected chi connectivity index (χ4v) is 10.8. The average Bonchev–Trinajstić information content (AvgIpc) is 1.58. The van der Waals surface area contributed by atoms with E-state index in [0.29, 0.717) is 19.4 Å². The third kappa shape index (κ3) is 27.0. The second-order valence-corrected chi connectivity index (χ2v) is 23.2. The van der Waals surface area contributed by atoms with Gasteiger partial charge in [0.05, 0.1) is 15.5 Å². The van der Waals surface area contributed by atoms with Gasteiger partial charge in [-0.2, -0.15) is 4.58 Å². The van der Waals surface area contributed by atoms with Crippen molar-refractivity contribution in [3.63, 3.8) is 0 Å². The zero-order valence-electron chi connectivity index (χ0n) is 55.8. The zero-order chi connectivity index (χ0) is 70.0. The van der Waals surface area contributed by atoms with Gasteiger partial charge in [-0.1, -0.05) is 150 Å². The number of rotatable bonds is 18. The molecule has 0 aliphatic carbocycles. The summed E-state index contributed by atoms with van der Waals surface area (Å²) in [5.41, 5.74) is 7.30. The molecule has 0 aromatic heterocycles. The van der Waals surface area contributed by atoms with Crippen molar-refractivity contribution < 1.29 is 17.5 Å². The summed E-state index contributed by atoms with van der Waals surface area (Å²) in [4.78, 5) is 2.31. The maximum absolute atomic E-state index is 11.3. The summed E-state index contributed by atoms with van der Waals surface area (Å²) in [6.45, 7) is 14.9. The number of nitrogens with zero attached hydrogens (tertiary/aromatic N) is 2. The summed E-state index contributed by atoms with van der Waals surface area (Å²) >= 11 is 0. The molecule has 6 heteroatoms. The topological polar surface area (TPSA) is 63.5 Å². The van der Waals surface area contributed by atoms with Crippen molar-refractivity contribution in [2.45, 2.75) is 117 Å². The van der Waals surface area contributed by atoms with Gasteiger partial charge in [0.15, 0.2) is 5.71 Å². The van der Waals surface area contributed by atoms with E-state index in [9.17, 15) is 13.0 Å². The highest BCUT2D eigenvalue weighted by atomic mass is 32.2. The normalized spacial score (nSPS) is 11.4. The number of terminal acetylenes is 1. The molecule has 0 atom stereocenters. The van der Waals surface area contributed by atoms with Crippen molar-refractivity contribution in [1.82, 2.24) is 0 Å². The van der Waals surface area contributed by atoms with E-state index in [4.69, 9.17) is 6.42 Å². The lowest BCUT2D eigenvalue weighted by Gasteiger charge is -2.27. The van der Waals surface area contributed by atoms with Crippen molar-refractivity contribution in [2.75, 3.05) is 23.7 Å². The summed E-state index contributed by atoms with van der Waals surface area (Å²) in [5.74, 6) is 102. The summed E-state index contributed by atoms with van der Waals surface area (Å²) in [6, 6.07) is 26.2. The molecule has 0 fully saturated rings. The van der Waals surface area contributed by atoms with Crippen LogP contribution in [0.5, 0.6) is 0 Å². The maximum atomic E-state index is 11.3. The molecule has 5 nitrogen and oxygen atoms in total. The SMILES string of the molecule is C#CC#CC#CC#CC#CC#CC#CC#CC#CC#CC#CC#CC#CC#CC#CC#CC#CC#CC#CC#CC#CC.CCCCCCCCCC[N+]1=C(C=CC=CC=CC=C2N(CCCCS(=O)(=O)[O-])c3ccc4ccccc4c3C2(C)C)C(C)(C)c2c1ccc1ccccc21. The Morgan fingerprint density at radius 2 is 0.827 bits per heavy atom. The van der Waals surface area contributed by atoms with E-state index in [-0.39, 0.29) is 16.6 Å². The van der Waals surface area contributed by atoms with Crippen LogP contribution in [-0.4, -0.2) is 42.1 Å². The predicted octanol–water partition coefficient (Wildman–Crippen LogP) is 12.9. The Labute approximate surface area is 584 Å². The summed E-state index contributed by atoms with van der Waals surface area (Å²) in [6.07, 6.45) is 31.4. The molecular weight excluding hydrogens is 1210 g/mol. The van der Waals surface area contributed by atoms with Crippen LogP contribution in [0.2, 0.25) is 0 Å². The van der Waals surface area contributed by atoms with Gasteiger partial charge in [0, 0.05) is 195 Å². The van der Waals surface area contributed by atoms with Crippen LogP contribution in [0.25, 0.3) is 21.5 Å². The lowest BCUT2D eigenvalue weighted by atomic mass is 9.79. The van der Waals surface area contributed by atoms with Crippen molar-refractivity contribution >= 4 is 48.7 Å². The Morgan fingerprint density at radius 1 is 0.439 bits per heavy atom. The molecule has 4 aromatic carbocycles. The molecule has 98 heavy (non-hydrogen) atoms. The fraction of sp³-hybridized carbons (Fsp3) is 0.228. The summed E-state index contributed by atoms with van der Waals surface area (Å²) in [7, 11) is -4.23. The van der Waals surface area contributed by atoms with Crippen molar-refractivity contribution in [2.24, 2.45) is 0 Å². The standard InChI is InChI=1S/C49H60N2O3S.C43H4/c1-6-7-8-9-10-11-15-22-35-50-42-33-31-38-25-18-20-27-40(38)46(42)48(2,3)44(50)29-16-13-12-14-17-30-45-49(4,5)47-41-28-21-19-26-39(41)32-34-43(47)51(45)36-23-24-37-55(52,53)54;1-3-5-7-9-11-13-15-17-19-21-23-25-27-29-31-33-35-37-39-41-43-42-40-38-36-34-32-30-28-26-24-22-20-18-16-14-12-10-8-6-4-2/h12-14,16-21,25-34H,6-11,15,22-24,35-37H2,1-5H3;1H,2H3. The first kappa shape index (κ1) is 75.2. The Kier molecular flexibility index (Phi) is 33.9. The molecule has 0 unspecified atom stereocenters. The van der Waals surface area contributed by atoms with Crippen molar-refractivity contribution in [3.05, 3.63) is 132 Å². The van der Waals surface area contributed by atoms with Crippen LogP contribution in [0, 0.1) is 249 Å². The average molecular weight is 1280 g/mol. The monoisotopic (exact) mass is 1280 g/mol.